The van der Waals surface area contributed by atoms with Gasteiger partial charge < -0.3 is 10.0 Å². The third-order valence-corrected chi connectivity index (χ3v) is 6.66. The Balaban J connectivity index is 1.49. The van der Waals surface area contributed by atoms with Crippen LogP contribution in [0, 0.1) is 0 Å². The SMILES string of the molecule is O=C(O)c1cnc(N2CCN(S(=O)(=O)c3ccc4ccccc4c3)CC2)nc1. The second-order valence-corrected chi connectivity index (χ2v) is 8.41. The highest BCUT2D eigenvalue weighted by Gasteiger charge is 2.29. The van der Waals surface area contributed by atoms with Crippen molar-refractivity contribution in [2.24, 2.45) is 0 Å². The van der Waals surface area contributed by atoms with Crippen molar-refractivity contribution in [3.05, 3.63) is 60.4 Å². The van der Waals surface area contributed by atoms with Crippen molar-refractivity contribution in [1.29, 1.82) is 0 Å². The van der Waals surface area contributed by atoms with E-state index in [2.05, 4.69) is 9.97 Å². The molecule has 28 heavy (non-hydrogen) atoms. The zero-order valence-corrected chi connectivity index (χ0v) is 15.7. The number of piperazine rings is 1. The van der Waals surface area contributed by atoms with Crippen LogP contribution in [-0.2, 0) is 10.0 Å². The third-order valence-electron chi connectivity index (χ3n) is 4.77. The van der Waals surface area contributed by atoms with E-state index in [9.17, 15) is 13.2 Å². The monoisotopic (exact) mass is 398 g/mol. The summed E-state index contributed by atoms with van der Waals surface area (Å²) >= 11 is 0. The number of aromatic carboxylic acids is 1. The van der Waals surface area contributed by atoms with Gasteiger partial charge in [0.25, 0.3) is 0 Å². The van der Waals surface area contributed by atoms with Crippen molar-refractivity contribution in [3.8, 4) is 0 Å². The van der Waals surface area contributed by atoms with Crippen LogP contribution >= 0.6 is 0 Å². The number of hydrogen-bond donors (Lipinski definition) is 1. The normalized spacial score (nSPS) is 15.6. The van der Waals surface area contributed by atoms with E-state index in [-0.39, 0.29) is 10.5 Å². The number of carbonyl (C=O) groups is 1. The Bertz CT molecular complexity index is 1120. The summed E-state index contributed by atoms with van der Waals surface area (Å²) in [6, 6.07) is 12.8. The molecule has 9 heteroatoms. The van der Waals surface area contributed by atoms with Crippen LogP contribution in [0.2, 0.25) is 0 Å². The average molecular weight is 398 g/mol. The van der Waals surface area contributed by atoms with Gasteiger partial charge in [-0.15, -0.1) is 0 Å². The van der Waals surface area contributed by atoms with Crippen molar-refractivity contribution < 1.29 is 18.3 Å². The minimum absolute atomic E-state index is 0.0151. The molecule has 3 aromatic rings. The first-order valence-corrected chi connectivity index (χ1v) is 10.2. The summed E-state index contributed by atoms with van der Waals surface area (Å²) in [5, 5.41) is 10.8. The van der Waals surface area contributed by atoms with Crippen LogP contribution in [0.5, 0.6) is 0 Å². The van der Waals surface area contributed by atoms with Gasteiger partial charge in [-0.2, -0.15) is 4.31 Å². The summed E-state index contributed by atoms with van der Waals surface area (Å²) in [5.74, 6) is -0.689. The van der Waals surface area contributed by atoms with Gasteiger partial charge in [0.1, 0.15) is 0 Å². The van der Waals surface area contributed by atoms with E-state index >= 15 is 0 Å². The number of hydrogen-bond acceptors (Lipinski definition) is 6. The molecular formula is C19H18N4O4S. The van der Waals surface area contributed by atoms with E-state index in [0.29, 0.717) is 32.1 Å². The lowest BCUT2D eigenvalue weighted by atomic mass is 10.1. The largest absolute Gasteiger partial charge is 0.478 e. The highest BCUT2D eigenvalue weighted by Crippen LogP contribution is 2.23. The molecule has 144 valence electrons. The molecule has 2 aromatic carbocycles. The minimum atomic E-state index is -3.59. The number of rotatable bonds is 4. The third kappa shape index (κ3) is 3.41. The van der Waals surface area contributed by atoms with Crippen molar-refractivity contribution in [2.75, 3.05) is 31.1 Å². The lowest BCUT2D eigenvalue weighted by Crippen LogP contribution is -2.49. The summed E-state index contributed by atoms with van der Waals surface area (Å²) in [6.07, 6.45) is 2.51. The average Bonchev–Trinajstić information content (AvgIpc) is 2.73. The van der Waals surface area contributed by atoms with Crippen LogP contribution in [0.1, 0.15) is 10.4 Å². The molecule has 1 fully saturated rings. The first-order chi connectivity index (χ1) is 13.4. The molecule has 2 heterocycles. The molecule has 0 bridgehead atoms. The quantitative estimate of drug-likeness (QED) is 0.715. The summed E-state index contributed by atoms with van der Waals surface area (Å²) in [7, 11) is -3.59. The fourth-order valence-electron chi connectivity index (χ4n) is 3.20. The summed E-state index contributed by atoms with van der Waals surface area (Å²) in [6.45, 7) is 1.47. The molecule has 1 aliphatic heterocycles. The van der Waals surface area contributed by atoms with Gasteiger partial charge in [0, 0.05) is 38.6 Å². The number of carboxylic acid groups (broad SMARTS) is 1. The first kappa shape index (κ1) is 18.3. The Morgan fingerprint density at radius 1 is 0.929 bits per heavy atom. The second kappa shape index (κ2) is 7.17. The van der Waals surface area contributed by atoms with E-state index < -0.39 is 16.0 Å². The van der Waals surface area contributed by atoms with Gasteiger partial charge in [0.2, 0.25) is 16.0 Å². The molecule has 1 N–H and O–H groups in total. The standard InChI is InChI=1S/C19H18N4O4S/c24-18(25)16-12-20-19(21-13-16)22-7-9-23(10-8-22)28(26,27)17-6-5-14-3-1-2-4-15(14)11-17/h1-6,11-13H,7-10H2,(H,24,25). The molecule has 8 nitrogen and oxygen atoms in total. The van der Waals surface area contributed by atoms with Gasteiger partial charge in [-0.05, 0) is 22.9 Å². The maximum absolute atomic E-state index is 13.0. The fraction of sp³-hybridized carbons (Fsp3) is 0.211. The Labute approximate surface area is 162 Å². The molecule has 0 unspecified atom stereocenters. The fourth-order valence-corrected chi connectivity index (χ4v) is 4.66. The Morgan fingerprint density at radius 2 is 1.57 bits per heavy atom. The summed E-state index contributed by atoms with van der Waals surface area (Å²) < 4.78 is 27.5. The first-order valence-electron chi connectivity index (χ1n) is 8.74. The van der Waals surface area contributed by atoms with E-state index in [1.54, 1.807) is 12.1 Å². The molecule has 4 rings (SSSR count). The molecular weight excluding hydrogens is 380 g/mol. The van der Waals surface area contributed by atoms with Crippen molar-refractivity contribution in [2.45, 2.75) is 4.90 Å². The van der Waals surface area contributed by atoms with Crippen LogP contribution in [0.4, 0.5) is 5.95 Å². The molecule has 1 aliphatic rings. The molecule has 1 aromatic heterocycles. The Kier molecular flexibility index (Phi) is 4.70. The van der Waals surface area contributed by atoms with Crippen LogP contribution in [0.15, 0.2) is 59.8 Å². The topological polar surface area (TPSA) is 104 Å². The Hall–Kier alpha value is -3.04. The number of aromatic nitrogens is 2. The van der Waals surface area contributed by atoms with Crippen LogP contribution in [0.3, 0.4) is 0 Å². The van der Waals surface area contributed by atoms with Crippen LogP contribution in [-0.4, -0.2) is 59.9 Å². The lowest BCUT2D eigenvalue weighted by molar-refractivity contribution is 0.0696. The van der Waals surface area contributed by atoms with Gasteiger partial charge in [-0.25, -0.2) is 23.2 Å². The molecule has 0 spiro atoms. The number of fused-ring (bicyclic) bond motifs is 1. The van der Waals surface area contributed by atoms with E-state index in [1.807, 2.05) is 35.2 Å². The molecule has 1 saturated heterocycles. The van der Waals surface area contributed by atoms with Gasteiger partial charge in [0.05, 0.1) is 10.5 Å². The number of carboxylic acids is 1. The zero-order valence-electron chi connectivity index (χ0n) is 14.9. The van der Waals surface area contributed by atoms with Crippen molar-refractivity contribution in [1.82, 2.24) is 14.3 Å². The summed E-state index contributed by atoms with van der Waals surface area (Å²) in [4.78, 5) is 21.2. The van der Waals surface area contributed by atoms with Gasteiger partial charge in [-0.3, -0.25) is 0 Å². The zero-order chi connectivity index (χ0) is 19.7. The molecule has 0 atom stereocenters. The minimum Gasteiger partial charge on any atom is -0.478 e. The van der Waals surface area contributed by atoms with Crippen LogP contribution < -0.4 is 4.90 Å². The van der Waals surface area contributed by atoms with Gasteiger partial charge >= 0.3 is 5.97 Å². The van der Waals surface area contributed by atoms with Crippen molar-refractivity contribution >= 4 is 32.7 Å². The molecule has 0 saturated carbocycles. The molecule has 0 radical (unpaired) electrons. The predicted molar refractivity (Wildman–Crippen MR) is 104 cm³/mol. The van der Waals surface area contributed by atoms with Crippen molar-refractivity contribution in [3.63, 3.8) is 0 Å². The Morgan fingerprint density at radius 3 is 2.21 bits per heavy atom. The number of anilines is 1. The smallest absolute Gasteiger partial charge is 0.338 e. The number of sulfonamides is 1. The lowest BCUT2D eigenvalue weighted by Gasteiger charge is -2.34. The molecule has 0 amide bonds. The van der Waals surface area contributed by atoms with E-state index in [4.69, 9.17) is 5.11 Å². The predicted octanol–water partition coefficient (Wildman–Crippen LogP) is 1.84. The van der Waals surface area contributed by atoms with Gasteiger partial charge in [0.15, 0.2) is 0 Å². The summed E-state index contributed by atoms with van der Waals surface area (Å²) in [5.41, 5.74) is 0.0151. The number of benzene rings is 2. The van der Waals surface area contributed by atoms with E-state index in [0.717, 1.165) is 10.8 Å². The number of nitrogens with zero attached hydrogens (tertiary/aromatic N) is 4. The van der Waals surface area contributed by atoms with Crippen LogP contribution in [0.25, 0.3) is 10.8 Å². The highest BCUT2D eigenvalue weighted by atomic mass is 32.2. The van der Waals surface area contributed by atoms with Gasteiger partial charge in [-0.1, -0.05) is 30.3 Å². The maximum atomic E-state index is 13.0. The van der Waals surface area contributed by atoms with E-state index in [1.165, 1.54) is 16.7 Å². The highest BCUT2D eigenvalue weighted by molar-refractivity contribution is 7.89. The second-order valence-electron chi connectivity index (χ2n) is 6.48. The molecule has 0 aliphatic carbocycles. The maximum Gasteiger partial charge on any atom is 0.338 e.